The van der Waals surface area contributed by atoms with Crippen LogP contribution in [-0.2, 0) is 17.8 Å². The van der Waals surface area contributed by atoms with Crippen molar-refractivity contribution >= 4 is 29.9 Å². The molecule has 2 N–H and O–H groups in total. The van der Waals surface area contributed by atoms with Crippen LogP contribution in [0.1, 0.15) is 24.5 Å². The fraction of sp³-hybridized carbons (Fsp3) is 0.381. The third-order valence-corrected chi connectivity index (χ3v) is 4.92. The van der Waals surface area contributed by atoms with Crippen molar-refractivity contribution in [3.8, 4) is 5.75 Å². The fourth-order valence-corrected chi connectivity index (χ4v) is 3.42. The first kappa shape index (κ1) is 21.5. The van der Waals surface area contributed by atoms with Crippen LogP contribution in [0.4, 0.5) is 0 Å². The first-order valence-corrected chi connectivity index (χ1v) is 9.44. The van der Waals surface area contributed by atoms with Gasteiger partial charge in [0, 0.05) is 11.1 Å². The quantitative estimate of drug-likeness (QED) is 0.759. The van der Waals surface area contributed by atoms with Crippen LogP contribution in [0.15, 0.2) is 48.5 Å². The van der Waals surface area contributed by atoms with E-state index in [9.17, 15) is 4.79 Å². The molecule has 1 saturated heterocycles. The van der Waals surface area contributed by atoms with Gasteiger partial charge in [-0.25, -0.2) is 0 Å². The zero-order chi connectivity index (χ0) is 18.4. The lowest BCUT2D eigenvalue weighted by Crippen LogP contribution is -2.48. The summed E-state index contributed by atoms with van der Waals surface area (Å²) in [6.07, 6.45) is 1.35. The minimum Gasteiger partial charge on any atom is -0.489 e. The largest absolute Gasteiger partial charge is 0.489 e. The van der Waals surface area contributed by atoms with Gasteiger partial charge in [-0.05, 0) is 60.8 Å². The summed E-state index contributed by atoms with van der Waals surface area (Å²) in [5.74, 6) is 1.28. The van der Waals surface area contributed by atoms with E-state index >= 15 is 0 Å². The molecule has 1 aliphatic rings. The molecule has 1 fully saturated rings. The Morgan fingerprint density at radius 2 is 2.00 bits per heavy atom. The van der Waals surface area contributed by atoms with Gasteiger partial charge in [0.05, 0.1) is 6.42 Å². The van der Waals surface area contributed by atoms with Crippen LogP contribution in [0.2, 0.25) is 5.02 Å². The number of carbonyl (C=O) groups excluding carboxylic acids is 1. The second-order valence-corrected chi connectivity index (χ2v) is 7.32. The molecule has 27 heavy (non-hydrogen) atoms. The van der Waals surface area contributed by atoms with Gasteiger partial charge in [-0.15, -0.1) is 12.4 Å². The van der Waals surface area contributed by atoms with Crippen LogP contribution in [-0.4, -0.2) is 25.0 Å². The highest BCUT2D eigenvalue weighted by Gasteiger charge is 2.22. The summed E-state index contributed by atoms with van der Waals surface area (Å²) in [5, 5.41) is 7.21. The molecule has 0 aromatic heterocycles. The average Bonchev–Trinajstić information content (AvgIpc) is 2.62. The van der Waals surface area contributed by atoms with Gasteiger partial charge in [0.25, 0.3) is 0 Å². The number of hydrogen-bond acceptors (Lipinski definition) is 3. The molecule has 2 unspecified atom stereocenters. The molecule has 1 aliphatic heterocycles. The van der Waals surface area contributed by atoms with Crippen molar-refractivity contribution in [2.75, 3.05) is 13.1 Å². The van der Waals surface area contributed by atoms with E-state index in [0.717, 1.165) is 36.4 Å². The van der Waals surface area contributed by atoms with Crippen LogP contribution < -0.4 is 15.4 Å². The zero-order valence-electron chi connectivity index (χ0n) is 15.4. The Morgan fingerprint density at radius 1 is 1.22 bits per heavy atom. The van der Waals surface area contributed by atoms with E-state index < -0.39 is 0 Å². The van der Waals surface area contributed by atoms with E-state index in [1.165, 1.54) is 0 Å². The number of amides is 1. The molecule has 146 valence electrons. The first-order valence-electron chi connectivity index (χ1n) is 9.06. The minimum atomic E-state index is 0. The standard InChI is InChI=1S/C21H25ClN2O2.ClH/c1-15-13-23-9-8-20(15)24-21(25)12-16-4-3-7-19(11-16)26-14-17-5-2-6-18(22)10-17;/h2-7,10-11,15,20,23H,8-9,12-14H2,1H3,(H,24,25);1H. The molecule has 1 heterocycles. The molecule has 1 amide bonds. The SMILES string of the molecule is CC1CNCCC1NC(=O)Cc1cccc(OCc2cccc(Cl)c2)c1.Cl. The monoisotopic (exact) mass is 408 g/mol. The summed E-state index contributed by atoms with van der Waals surface area (Å²) in [4.78, 5) is 12.4. The Labute approximate surface area is 172 Å². The molecule has 0 bridgehead atoms. The lowest BCUT2D eigenvalue weighted by molar-refractivity contribution is -0.121. The third-order valence-electron chi connectivity index (χ3n) is 4.69. The molecule has 0 radical (unpaired) electrons. The van der Waals surface area contributed by atoms with E-state index in [2.05, 4.69) is 17.6 Å². The molecule has 2 aromatic carbocycles. The highest BCUT2D eigenvalue weighted by Crippen LogP contribution is 2.18. The highest BCUT2D eigenvalue weighted by molar-refractivity contribution is 6.30. The molecule has 2 atom stereocenters. The van der Waals surface area contributed by atoms with Crippen LogP contribution in [0.25, 0.3) is 0 Å². The minimum absolute atomic E-state index is 0. The number of hydrogen-bond donors (Lipinski definition) is 2. The van der Waals surface area contributed by atoms with Crippen LogP contribution in [0, 0.1) is 5.92 Å². The predicted octanol–water partition coefficient (Wildman–Crippen LogP) is 4.00. The molecule has 2 aromatic rings. The Kier molecular flexibility index (Phi) is 8.42. The van der Waals surface area contributed by atoms with Crippen molar-refractivity contribution in [3.05, 3.63) is 64.7 Å². The Balaban J connectivity index is 0.00000261. The zero-order valence-corrected chi connectivity index (χ0v) is 17.0. The van der Waals surface area contributed by atoms with Crippen LogP contribution in [0.3, 0.4) is 0 Å². The van der Waals surface area contributed by atoms with Crippen molar-refractivity contribution in [1.82, 2.24) is 10.6 Å². The van der Waals surface area contributed by atoms with Crippen molar-refractivity contribution in [1.29, 1.82) is 0 Å². The van der Waals surface area contributed by atoms with Crippen molar-refractivity contribution in [2.24, 2.45) is 5.92 Å². The average molecular weight is 409 g/mol. The summed E-state index contributed by atoms with van der Waals surface area (Å²) >= 11 is 6.00. The maximum absolute atomic E-state index is 12.4. The molecule has 0 saturated carbocycles. The van der Waals surface area contributed by atoms with E-state index in [-0.39, 0.29) is 24.4 Å². The van der Waals surface area contributed by atoms with Crippen molar-refractivity contribution in [2.45, 2.75) is 32.4 Å². The first-order chi connectivity index (χ1) is 12.6. The van der Waals surface area contributed by atoms with Gasteiger partial charge >= 0.3 is 0 Å². The molecule has 6 heteroatoms. The number of benzene rings is 2. The number of piperidine rings is 1. The molecule has 3 rings (SSSR count). The molecular formula is C21H26Cl2N2O2. The summed E-state index contributed by atoms with van der Waals surface area (Å²) < 4.78 is 5.84. The van der Waals surface area contributed by atoms with E-state index in [0.29, 0.717) is 24.0 Å². The molecule has 0 aliphatic carbocycles. The van der Waals surface area contributed by atoms with Gasteiger partial charge in [-0.2, -0.15) is 0 Å². The van der Waals surface area contributed by atoms with Gasteiger partial charge in [0.1, 0.15) is 12.4 Å². The number of ether oxygens (including phenoxy) is 1. The van der Waals surface area contributed by atoms with Crippen LogP contribution in [0.5, 0.6) is 5.75 Å². The molecule has 4 nitrogen and oxygen atoms in total. The summed E-state index contributed by atoms with van der Waals surface area (Å²) in [6, 6.07) is 15.6. The maximum atomic E-state index is 12.4. The van der Waals surface area contributed by atoms with Crippen molar-refractivity contribution in [3.63, 3.8) is 0 Å². The highest BCUT2D eigenvalue weighted by atomic mass is 35.5. The number of nitrogens with one attached hydrogen (secondary N) is 2. The summed E-state index contributed by atoms with van der Waals surface area (Å²) in [7, 11) is 0. The van der Waals surface area contributed by atoms with Gasteiger partial charge in [-0.3, -0.25) is 4.79 Å². The second kappa shape index (κ2) is 10.5. The van der Waals surface area contributed by atoms with Gasteiger partial charge < -0.3 is 15.4 Å². The Bertz CT molecular complexity index is 754. The van der Waals surface area contributed by atoms with E-state index in [1.807, 2.05) is 48.5 Å². The Morgan fingerprint density at radius 3 is 2.78 bits per heavy atom. The van der Waals surface area contributed by atoms with E-state index in [4.69, 9.17) is 16.3 Å². The summed E-state index contributed by atoms with van der Waals surface area (Å²) in [6.45, 7) is 4.53. The summed E-state index contributed by atoms with van der Waals surface area (Å²) in [5.41, 5.74) is 1.97. The number of carbonyl (C=O) groups is 1. The normalized spacial score (nSPS) is 19.0. The smallest absolute Gasteiger partial charge is 0.224 e. The van der Waals surface area contributed by atoms with Gasteiger partial charge in [0.2, 0.25) is 5.91 Å². The van der Waals surface area contributed by atoms with E-state index in [1.54, 1.807) is 0 Å². The lowest BCUT2D eigenvalue weighted by atomic mass is 9.95. The Hall–Kier alpha value is -1.75. The van der Waals surface area contributed by atoms with Gasteiger partial charge in [0.15, 0.2) is 0 Å². The fourth-order valence-electron chi connectivity index (χ4n) is 3.21. The third kappa shape index (κ3) is 6.73. The maximum Gasteiger partial charge on any atom is 0.224 e. The number of rotatable bonds is 6. The molecular weight excluding hydrogens is 383 g/mol. The number of halogens is 2. The van der Waals surface area contributed by atoms with Crippen LogP contribution >= 0.6 is 24.0 Å². The topological polar surface area (TPSA) is 50.4 Å². The lowest BCUT2D eigenvalue weighted by Gasteiger charge is -2.30. The van der Waals surface area contributed by atoms with Gasteiger partial charge in [-0.1, -0.05) is 42.8 Å². The molecule has 0 spiro atoms. The second-order valence-electron chi connectivity index (χ2n) is 6.89. The van der Waals surface area contributed by atoms with Crippen molar-refractivity contribution < 1.29 is 9.53 Å². The predicted molar refractivity (Wildman–Crippen MR) is 112 cm³/mol.